The van der Waals surface area contributed by atoms with E-state index in [9.17, 15) is 14.7 Å². The predicted octanol–water partition coefficient (Wildman–Crippen LogP) is 2.78. The molecule has 0 saturated carbocycles. The summed E-state index contributed by atoms with van der Waals surface area (Å²) in [5, 5.41) is 13.8. The maximum Gasteiger partial charge on any atom is 0.407 e. The van der Waals surface area contributed by atoms with Crippen LogP contribution in [0.1, 0.15) is 18.2 Å². The lowest BCUT2D eigenvalue weighted by Crippen LogP contribution is -2.44. The molecule has 0 aromatic carbocycles. The summed E-state index contributed by atoms with van der Waals surface area (Å²) >= 11 is 6.85. The number of pyridine rings is 1. The SMILES string of the molecule is C[C@H]1Cn2ncc(N3C(=O)C(Br)(Br)c4cnccc43)c2CN1C(=O)O. The highest BCUT2D eigenvalue weighted by molar-refractivity contribution is 9.25. The second-order valence-electron chi connectivity index (χ2n) is 6.03. The molecule has 10 heteroatoms. The third-order valence-corrected chi connectivity index (χ3v) is 6.08. The van der Waals surface area contributed by atoms with Gasteiger partial charge in [-0.1, -0.05) is 31.9 Å². The topological polar surface area (TPSA) is 91.6 Å². The zero-order chi connectivity index (χ0) is 17.9. The molecular formula is C15H13Br2N5O3. The van der Waals surface area contributed by atoms with Crippen LogP contribution in [0.3, 0.4) is 0 Å². The van der Waals surface area contributed by atoms with Crippen LogP contribution in [0, 0.1) is 0 Å². The molecule has 0 radical (unpaired) electrons. The fraction of sp³-hybridized carbons (Fsp3) is 0.333. The summed E-state index contributed by atoms with van der Waals surface area (Å²) in [4.78, 5) is 31.5. The van der Waals surface area contributed by atoms with E-state index in [0.29, 0.717) is 29.2 Å². The Morgan fingerprint density at radius 3 is 2.84 bits per heavy atom. The van der Waals surface area contributed by atoms with E-state index < -0.39 is 9.33 Å². The quantitative estimate of drug-likeness (QED) is 0.647. The molecule has 0 fully saturated rings. The monoisotopic (exact) mass is 469 g/mol. The smallest absolute Gasteiger partial charge is 0.407 e. The zero-order valence-electron chi connectivity index (χ0n) is 13.1. The van der Waals surface area contributed by atoms with E-state index in [2.05, 4.69) is 41.9 Å². The van der Waals surface area contributed by atoms with E-state index in [1.54, 1.807) is 34.2 Å². The maximum absolute atomic E-state index is 13.0. The van der Waals surface area contributed by atoms with Gasteiger partial charge in [-0.3, -0.25) is 24.3 Å². The Balaban J connectivity index is 1.83. The van der Waals surface area contributed by atoms with Crippen molar-refractivity contribution in [1.29, 1.82) is 0 Å². The van der Waals surface area contributed by atoms with Gasteiger partial charge >= 0.3 is 6.09 Å². The standard InChI is InChI=1S/C15H13Br2N5O3/c1-8-6-21-12(7-20(8)14(24)25)11(5-19-21)22-10-2-3-18-4-9(10)15(16,17)13(22)23/h2-5,8H,6-7H2,1H3,(H,24,25)/t8-/m0/s1. The Morgan fingerprint density at radius 1 is 1.36 bits per heavy atom. The number of amides is 2. The summed E-state index contributed by atoms with van der Waals surface area (Å²) in [5.74, 6) is -0.230. The molecule has 8 nitrogen and oxygen atoms in total. The largest absolute Gasteiger partial charge is 0.465 e. The Bertz CT molecular complexity index is 897. The average Bonchev–Trinajstić information content (AvgIpc) is 3.04. The lowest BCUT2D eigenvalue weighted by atomic mass is 10.2. The number of halogens is 2. The molecule has 4 heterocycles. The van der Waals surface area contributed by atoms with Crippen LogP contribution in [0.2, 0.25) is 0 Å². The van der Waals surface area contributed by atoms with Gasteiger partial charge in [-0.15, -0.1) is 0 Å². The van der Waals surface area contributed by atoms with Crippen LogP contribution < -0.4 is 4.90 Å². The molecule has 2 aromatic heterocycles. The summed E-state index contributed by atoms with van der Waals surface area (Å²) in [5.41, 5.74) is 2.65. The third-order valence-electron chi connectivity index (χ3n) is 4.55. The Kier molecular flexibility index (Phi) is 3.66. The first-order valence-corrected chi connectivity index (χ1v) is 9.12. The minimum Gasteiger partial charge on any atom is -0.465 e. The predicted molar refractivity (Wildman–Crippen MR) is 96.2 cm³/mol. The highest BCUT2D eigenvalue weighted by atomic mass is 79.9. The van der Waals surface area contributed by atoms with Gasteiger partial charge in [0.15, 0.2) is 3.23 Å². The average molecular weight is 471 g/mol. The van der Waals surface area contributed by atoms with Crippen molar-refractivity contribution in [2.24, 2.45) is 0 Å². The number of aromatic nitrogens is 3. The molecule has 2 aliphatic rings. The summed E-state index contributed by atoms with van der Waals surface area (Å²) in [6, 6.07) is 1.57. The van der Waals surface area contributed by atoms with E-state index in [1.165, 1.54) is 4.90 Å². The molecular weight excluding hydrogens is 458 g/mol. The normalized spacial score (nSPS) is 21.2. The van der Waals surface area contributed by atoms with Gasteiger partial charge in [-0.2, -0.15) is 5.10 Å². The number of anilines is 2. The zero-order valence-corrected chi connectivity index (χ0v) is 16.2. The molecule has 2 aliphatic heterocycles. The summed E-state index contributed by atoms with van der Waals surface area (Å²) in [6.45, 7) is 2.45. The highest BCUT2D eigenvalue weighted by Gasteiger charge is 2.49. The molecule has 0 unspecified atom stereocenters. The first-order chi connectivity index (χ1) is 11.8. The van der Waals surface area contributed by atoms with Gasteiger partial charge in [0.05, 0.1) is 42.4 Å². The minimum atomic E-state index is -1.06. The van der Waals surface area contributed by atoms with Crippen molar-refractivity contribution in [3.8, 4) is 0 Å². The second kappa shape index (κ2) is 5.53. The van der Waals surface area contributed by atoms with E-state index in [4.69, 9.17) is 0 Å². The molecule has 1 N–H and O–H groups in total. The van der Waals surface area contributed by atoms with Crippen LogP contribution in [0.25, 0.3) is 0 Å². The van der Waals surface area contributed by atoms with Gasteiger partial charge in [0.2, 0.25) is 0 Å². The van der Waals surface area contributed by atoms with Crippen LogP contribution in [-0.2, 0) is 21.1 Å². The first kappa shape index (κ1) is 16.5. The van der Waals surface area contributed by atoms with Gasteiger partial charge in [0.1, 0.15) is 0 Å². The number of carbonyl (C=O) groups is 2. The molecule has 25 heavy (non-hydrogen) atoms. The number of hydrogen-bond acceptors (Lipinski definition) is 4. The van der Waals surface area contributed by atoms with E-state index in [0.717, 1.165) is 0 Å². The fourth-order valence-electron chi connectivity index (χ4n) is 3.26. The van der Waals surface area contributed by atoms with E-state index in [-0.39, 0.29) is 18.5 Å². The number of rotatable bonds is 1. The van der Waals surface area contributed by atoms with Gasteiger partial charge in [-0.25, -0.2) is 4.79 Å². The number of alkyl halides is 2. The fourth-order valence-corrected chi connectivity index (χ4v) is 4.22. The Hall–Kier alpha value is -1.94. The molecule has 0 saturated heterocycles. The third kappa shape index (κ3) is 2.30. The van der Waals surface area contributed by atoms with Gasteiger partial charge in [0, 0.05) is 18.0 Å². The van der Waals surface area contributed by atoms with Gasteiger partial charge in [-0.05, 0) is 13.0 Å². The van der Waals surface area contributed by atoms with Crippen LogP contribution in [0.4, 0.5) is 16.2 Å². The molecule has 1 atom stereocenters. The summed E-state index contributed by atoms with van der Waals surface area (Å²) in [6.07, 6.45) is 3.86. The van der Waals surface area contributed by atoms with Gasteiger partial charge in [0.25, 0.3) is 5.91 Å². The van der Waals surface area contributed by atoms with E-state index in [1.807, 2.05) is 6.92 Å². The number of carboxylic acid groups (broad SMARTS) is 1. The first-order valence-electron chi connectivity index (χ1n) is 7.53. The molecule has 2 aromatic rings. The van der Waals surface area contributed by atoms with Gasteiger partial charge < -0.3 is 5.11 Å². The molecule has 130 valence electrons. The second-order valence-corrected chi connectivity index (χ2v) is 9.47. The maximum atomic E-state index is 13.0. The Morgan fingerprint density at radius 2 is 2.12 bits per heavy atom. The van der Waals surface area contributed by atoms with Crippen LogP contribution in [0.15, 0.2) is 24.7 Å². The number of nitrogens with zero attached hydrogens (tertiary/aromatic N) is 5. The summed E-state index contributed by atoms with van der Waals surface area (Å²) < 4.78 is 0.697. The van der Waals surface area contributed by atoms with Crippen LogP contribution >= 0.6 is 31.9 Å². The van der Waals surface area contributed by atoms with Crippen molar-refractivity contribution in [3.05, 3.63) is 35.9 Å². The number of carbonyl (C=O) groups excluding carboxylic acids is 1. The van der Waals surface area contributed by atoms with E-state index >= 15 is 0 Å². The van der Waals surface area contributed by atoms with Crippen molar-refractivity contribution in [3.63, 3.8) is 0 Å². The van der Waals surface area contributed by atoms with Crippen LogP contribution in [0.5, 0.6) is 0 Å². The van der Waals surface area contributed by atoms with Crippen molar-refractivity contribution >= 4 is 55.2 Å². The lowest BCUT2D eigenvalue weighted by Gasteiger charge is -2.32. The molecule has 0 aliphatic carbocycles. The van der Waals surface area contributed by atoms with Crippen molar-refractivity contribution < 1.29 is 14.7 Å². The van der Waals surface area contributed by atoms with Crippen molar-refractivity contribution in [1.82, 2.24) is 19.7 Å². The number of hydrogen-bond donors (Lipinski definition) is 1. The van der Waals surface area contributed by atoms with Crippen LogP contribution in [-0.4, -0.2) is 42.8 Å². The Labute approximate surface area is 159 Å². The van der Waals surface area contributed by atoms with Crippen molar-refractivity contribution in [2.45, 2.75) is 29.3 Å². The molecule has 4 rings (SSSR count). The molecule has 0 bridgehead atoms. The summed E-state index contributed by atoms with van der Waals surface area (Å²) in [7, 11) is 0. The lowest BCUT2D eigenvalue weighted by molar-refractivity contribution is -0.117. The number of fused-ring (bicyclic) bond motifs is 2. The van der Waals surface area contributed by atoms with Crippen molar-refractivity contribution in [2.75, 3.05) is 4.90 Å². The molecule has 0 spiro atoms. The highest BCUT2D eigenvalue weighted by Crippen LogP contribution is 2.53. The molecule has 2 amide bonds. The minimum absolute atomic E-state index is 0.174.